The summed E-state index contributed by atoms with van der Waals surface area (Å²) in [6.07, 6.45) is 11.5. The number of hydrogen-bond acceptors (Lipinski definition) is 8. The summed E-state index contributed by atoms with van der Waals surface area (Å²) < 4.78 is 33.4. The molecule has 0 N–H and O–H groups in total. The predicted octanol–water partition coefficient (Wildman–Crippen LogP) is 19.7. The van der Waals surface area contributed by atoms with Gasteiger partial charge in [0.15, 0.2) is 33.3 Å². The number of unbranched alkanes of at least 4 members (excludes halogenated alkanes) is 6. The van der Waals surface area contributed by atoms with Gasteiger partial charge in [0, 0.05) is 0 Å². The van der Waals surface area contributed by atoms with Crippen LogP contribution < -0.4 is 5.79 Å². The molecule has 0 spiro atoms. The molecule has 0 atom stereocenters. The SMILES string of the molecule is C[Si](C)(C)O[Si](C)(CCCCCCc1sc(-c2c3c[c]([Sn]([CH3])([CH3])[CH3])sc3c(-c3cc(Cl)c(CCCCCC[Si](C)(O[Si](C)(C)C)O[Si](C)(C)C)s3)c3c[c]([Sn]([CH3])([CH3])[CH3])sc23)cc1Cl)O[Si](C)(C)C. The molecule has 0 unspecified atom stereocenters. The molecular formula is C50H88Cl2O4S4Si6Sn2. The zero-order chi connectivity index (χ0) is 51.1. The molecule has 0 amide bonds. The molecule has 4 nitrogen and oxygen atoms in total. The van der Waals surface area contributed by atoms with Gasteiger partial charge in [-0.05, 0) is 104 Å². The van der Waals surface area contributed by atoms with Crippen LogP contribution in [0.3, 0.4) is 0 Å². The molecule has 68 heavy (non-hydrogen) atoms. The van der Waals surface area contributed by atoms with Crippen LogP contribution in [-0.4, -0.2) is 87.1 Å². The van der Waals surface area contributed by atoms with Crippen LogP contribution in [0, 0.1) is 0 Å². The summed E-state index contributed by atoms with van der Waals surface area (Å²) in [5.74, 6) is 0. The second-order valence-electron chi connectivity index (χ2n) is 25.7. The molecule has 0 aliphatic rings. The van der Waals surface area contributed by atoms with Crippen molar-refractivity contribution in [3.63, 3.8) is 0 Å². The Hall–Kier alpha value is 1.86. The van der Waals surface area contributed by atoms with Gasteiger partial charge in [0.1, 0.15) is 0 Å². The first-order chi connectivity index (χ1) is 30.9. The number of fused-ring (bicyclic) bond motifs is 2. The van der Waals surface area contributed by atoms with Gasteiger partial charge in [0.2, 0.25) is 0 Å². The summed E-state index contributed by atoms with van der Waals surface area (Å²) in [6, 6.07) is 12.0. The van der Waals surface area contributed by atoms with Crippen molar-refractivity contribution in [1.82, 2.24) is 0 Å². The van der Waals surface area contributed by atoms with Crippen molar-refractivity contribution in [3.8, 4) is 20.9 Å². The third-order valence-corrected chi connectivity index (χ3v) is 55.3. The van der Waals surface area contributed by atoms with E-state index in [0.29, 0.717) is 0 Å². The first kappa shape index (κ1) is 60.7. The van der Waals surface area contributed by atoms with Gasteiger partial charge in [0.05, 0.1) is 0 Å². The zero-order valence-corrected chi connectivity index (χ0v) is 62.3. The fraction of sp³-hybridized carbons (Fsp3) is 0.640. The van der Waals surface area contributed by atoms with Gasteiger partial charge in [-0.1, -0.05) is 0 Å². The average Bonchev–Trinajstić information content (AvgIpc) is 3.92. The van der Waals surface area contributed by atoms with E-state index in [0.717, 1.165) is 47.8 Å². The summed E-state index contributed by atoms with van der Waals surface area (Å²) in [4.78, 5) is 20.7. The Labute approximate surface area is 455 Å². The molecule has 0 radical (unpaired) electrons. The Kier molecular flexibility index (Phi) is 21.1. The van der Waals surface area contributed by atoms with E-state index in [9.17, 15) is 0 Å². The van der Waals surface area contributed by atoms with Crippen LogP contribution in [0.1, 0.15) is 61.1 Å². The van der Waals surface area contributed by atoms with Crippen molar-refractivity contribution in [2.24, 2.45) is 0 Å². The van der Waals surface area contributed by atoms with E-state index >= 15 is 0 Å². The molecule has 0 fully saturated rings. The number of aryl methyl sites for hydroxylation is 2. The van der Waals surface area contributed by atoms with Crippen LogP contribution in [0.4, 0.5) is 0 Å². The largest absolute Gasteiger partial charge is 0.437 e. The van der Waals surface area contributed by atoms with Crippen LogP contribution >= 0.6 is 68.5 Å². The summed E-state index contributed by atoms with van der Waals surface area (Å²) in [5.41, 5.74) is 2.84. The Bertz CT molecular complexity index is 2220. The fourth-order valence-electron chi connectivity index (χ4n) is 9.41. The van der Waals surface area contributed by atoms with Gasteiger partial charge in [0.25, 0.3) is 0 Å². The predicted molar refractivity (Wildman–Crippen MR) is 335 cm³/mol. The Morgan fingerprint density at radius 1 is 0.412 bits per heavy atom. The van der Waals surface area contributed by atoms with E-state index in [1.807, 2.05) is 22.7 Å². The number of hydrogen-bond donors (Lipinski definition) is 0. The second kappa shape index (κ2) is 23.6. The number of halogens is 2. The molecule has 18 heteroatoms. The second-order valence-corrected chi connectivity index (χ2v) is 87.4. The van der Waals surface area contributed by atoms with E-state index in [-0.39, 0.29) is 0 Å². The standard InChI is InChI=1S/C44H70Cl2O4S4Si6.6CH3.2Sn/c1-55(2,3)47-59(13,48-56(4,5)6)29-21-17-15-19-23-37-35(45)31-39(53-37)41-33-25-27-52-44(33)42(34-26-28-51-43(34)41)40-32-36(46)38(54-40)24-20-16-18-22-30-60(14,49-57(7,8)9)50-58(10,11)12;;;;;;;;/h25-26,31-32H,15-24,29-30H2,1-14H3;6*1H3;;. The molecular weight excluding hydrogens is 1270 g/mol. The number of benzene rings is 1. The minimum absolute atomic E-state index is 0.935. The smallest absolute Gasteiger partial charge is 0.172 e. The maximum absolute atomic E-state index is 7.26. The van der Waals surface area contributed by atoms with Crippen molar-refractivity contribution in [2.45, 2.75) is 198 Å². The van der Waals surface area contributed by atoms with Gasteiger partial charge < -0.3 is 16.5 Å². The topological polar surface area (TPSA) is 36.9 Å². The first-order valence-corrected chi connectivity index (χ1v) is 68.0. The van der Waals surface area contributed by atoms with Gasteiger partial charge in [-0.25, -0.2) is 0 Å². The third-order valence-electron chi connectivity index (χ3n) is 11.6. The first-order valence-electron chi connectivity index (χ1n) is 25.4. The normalized spacial score (nSPS) is 14.1. The van der Waals surface area contributed by atoms with Crippen LogP contribution in [0.15, 0.2) is 24.3 Å². The quantitative estimate of drug-likeness (QED) is 0.0408. The van der Waals surface area contributed by atoms with Crippen molar-refractivity contribution < 1.29 is 16.5 Å². The van der Waals surface area contributed by atoms with E-state index in [4.69, 9.17) is 39.7 Å². The van der Waals surface area contributed by atoms with Crippen molar-refractivity contribution in [1.29, 1.82) is 0 Å². The molecule has 0 saturated carbocycles. The van der Waals surface area contributed by atoms with Crippen LogP contribution in [0.25, 0.3) is 41.1 Å². The zero-order valence-electron chi connectivity index (χ0n) is 45.8. The molecule has 0 bridgehead atoms. The summed E-state index contributed by atoms with van der Waals surface area (Å²) in [5, 5.41) is 4.72. The Morgan fingerprint density at radius 2 is 0.706 bits per heavy atom. The van der Waals surface area contributed by atoms with Gasteiger partial charge >= 0.3 is 307 Å². The van der Waals surface area contributed by atoms with E-state index in [1.54, 1.807) is 5.79 Å². The monoisotopic (exact) mass is 1360 g/mol. The summed E-state index contributed by atoms with van der Waals surface area (Å²) in [6.45, 7) is 32.3. The van der Waals surface area contributed by atoms with Gasteiger partial charge in [-0.2, -0.15) is 0 Å². The average molecular weight is 1360 g/mol. The molecule has 4 heterocycles. The molecule has 0 aliphatic carbocycles. The van der Waals surface area contributed by atoms with E-state index < -0.39 is 87.1 Å². The molecule has 5 aromatic rings. The Morgan fingerprint density at radius 3 is 0.985 bits per heavy atom. The number of thiophene rings is 4. The van der Waals surface area contributed by atoms with Crippen LogP contribution in [0.5, 0.6) is 0 Å². The van der Waals surface area contributed by atoms with E-state index in [2.05, 4.69) is 168 Å². The summed E-state index contributed by atoms with van der Waals surface area (Å²) in [7, 11) is -11.2. The molecule has 4 aromatic heterocycles. The van der Waals surface area contributed by atoms with Crippen LogP contribution in [0.2, 0.25) is 143 Å². The minimum Gasteiger partial charge on any atom is -0.437 e. The van der Waals surface area contributed by atoms with Crippen molar-refractivity contribution in [3.05, 3.63) is 44.1 Å². The van der Waals surface area contributed by atoms with Crippen molar-refractivity contribution in [2.75, 3.05) is 0 Å². The van der Waals surface area contributed by atoms with Crippen molar-refractivity contribution >= 4 is 182 Å². The fourth-order valence-corrected chi connectivity index (χ4v) is 50.7. The molecule has 0 saturated heterocycles. The maximum atomic E-state index is 7.26. The minimum atomic E-state index is -2.48. The Balaban J connectivity index is 1.40. The molecule has 5 rings (SSSR count). The third kappa shape index (κ3) is 18.0. The van der Waals surface area contributed by atoms with E-state index in [1.165, 1.54) is 89.3 Å². The molecule has 0 aliphatic heterocycles. The van der Waals surface area contributed by atoms with Crippen LogP contribution in [-0.2, 0) is 29.3 Å². The maximum Gasteiger partial charge on any atom is 0.172 e. The van der Waals surface area contributed by atoms with Gasteiger partial charge in [-0.15, -0.1) is 0 Å². The molecule has 382 valence electrons. The van der Waals surface area contributed by atoms with Gasteiger partial charge in [-0.3, -0.25) is 0 Å². The number of rotatable bonds is 26. The summed E-state index contributed by atoms with van der Waals surface area (Å²) >= 11 is 17.6. The molecule has 1 aromatic carbocycles.